The highest BCUT2D eigenvalue weighted by atomic mass is 127. The molecular formula is C17H30IN5O2. The van der Waals surface area contributed by atoms with Gasteiger partial charge in [-0.3, -0.25) is 9.89 Å². The van der Waals surface area contributed by atoms with Crippen LogP contribution in [0.5, 0.6) is 11.5 Å². The average Bonchev–Trinajstić information content (AvgIpc) is 2.60. The topological polar surface area (TPSA) is 61.4 Å². The Morgan fingerprint density at radius 3 is 2.56 bits per heavy atom. The monoisotopic (exact) mass is 463 g/mol. The molecule has 1 heterocycles. The van der Waals surface area contributed by atoms with E-state index >= 15 is 0 Å². The van der Waals surface area contributed by atoms with Crippen molar-refractivity contribution in [3.63, 3.8) is 0 Å². The molecule has 0 bridgehead atoms. The second-order valence-corrected chi connectivity index (χ2v) is 6.04. The van der Waals surface area contributed by atoms with E-state index in [1.54, 1.807) is 21.3 Å². The molecule has 142 valence electrons. The summed E-state index contributed by atoms with van der Waals surface area (Å²) in [7, 11) is 9.36. The maximum absolute atomic E-state index is 5.34. The van der Waals surface area contributed by atoms with Crippen molar-refractivity contribution in [2.24, 2.45) is 4.99 Å². The van der Waals surface area contributed by atoms with Crippen LogP contribution in [0.25, 0.3) is 0 Å². The van der Waals surface area contributed by atoms with Gasteiger partial charge in [0.25, 0.3) is 0 Å². The lowest BCUT2D eigenvalue weighted by Gasteiger charge is -2.37. The highest BCUT2D eigenvalue weighted by Gasteiger charge is 2.22. The Morgan fingerprint density at radius 1 is 1.20 bits per heavy atom. The SMILES string of the molecule is CN=C(NCC1CN(C)CCN1C)Nc1ccc(OC)c(OC)c1.I. The second-order valence-electron chi connectivity index (χ2n) is 6.04. The first-order chi connectivity index (χ1) is 11.6. The molecule has 8 heteroatoms. The Labute approximate surface area is 167 Å². The van der Waals surface area contributed by atoms with Crippen LogP contribution in [0.4, 0.5) is 5.69 Å². The van der Waals surface area contributed by atoms with Gasteiger partial charge in [-0.1, -0.05) is 0 Å². The Balaban J connectivity index is 0.00000312. The maximum atomic E-state index is 5.34. The van der Waals surface area contributed by atoms with Gasteiger partial charge in [0, 0.05) is 51.0 Å². The summed E-state index contributed by atoms with van der Waals surface area (Å²) >= 11 is 0. The zero-order chi connectivity index (χ0) is 17.5. The molecule has 1 aromatic carbocycles. The molecule has 0 spiro atoms. The van der Waals surface area contributed by atoms with E-state index < -0.39 is 0 Å². The predicted octanol–water partition coefficient (Wildman–Crippen LogP) is 1.55. The van der Waals surface area contributed by atoms with E-state index in [1.165, 1.54) is 0 Å². The van der Waals surface area contributed by atoms with Crippen LogP contribution < -0.4 is 20.1 Å². The van der Waals surface area contributed by atoms with Crippen LogP contribution in [0.2, 0.25) is 0 Å². The molecule has 25 heavy (non-hydrogen) atoms. The number of nitrogens with zero attached hydrogens (tertiary/aromatic N) is 3. The van der Waals surface area contributed by atoms with Gasteiger partial charge < -0.3 is 25.0 Å². The molecule has 1 atom stereocenters. The maximum Gasteiger partial charge on any atom is 0.195 e. The van der Waals surface area contributed by atoms with Crippen LogP contribution in [0.15, 0.2) is 23.2 Å². The Morgan fingerprint density at radius 2 is 1.92 bits per heavy atom. The van der Waals surface area contributed by atoms with Crippen molar-refractivity contribution < 1.29 is 9.47 Å². The number of hydrogen-bond acceptors (Lipinski definition) is 5. The first-order valence-electron chi connectivity index (χ1n) is 8.15. The average molecular weight is 463 g/mol. The van der Waals surface area contributed by atoms with Crippen molar-refractivity contribution in [2.75, 3.05) is 66.9 Å². The third kappa shape index (κ3) is 6.19. The van der Waals surface area contributed by atoms with Gasteiger partial charge in [-0.15, -0.1) is 24.0 Å². The minimum Gasteiger partial charge on any atom is -0.493 e. The van der Waals surface area contributed by atoms with E-state index in [1.807, 2.05) is 18.2 Å². The normalized spacial score (nSPS) is 19.1. The number of guanidine groups is 1. The van der Waals surface area contributed by atoms with Crippen molar-refractivity contribution in [1.29, 1.82) is 0 Å². The summed E-state index contributed by atoms with van der Waals surface area (Å²) in [5, 5.41) is 6.69. The summed E-state index contributed by atoms with van der Waals surface area (Å²) in [6.45, 7) is 4.10. The number of likely N-dealkylation sites (N-methyl/N-ethyl adjacent to an activating group) is 2. The number of rotatable bonds is 5. The Bertz CT molecular complexity index is 570. The second kappa shape index (κ2) is 10.7. The number of nitrogens with one attached hydrogen (secondary N) is 2. The van der Waals surface area contributed by atoms with Crippen LogP contribution in [0.1, 0.15) is 0 Å². The minimum atomic E-state index is 0. The first kappa shape index (κ1) is 21.8. The number of halogens is 1. The quantitative estimate of drug-likeness (QED) is 0.393. The summed E-state index contributed by atoms with van der Waals surface area (Å²) < 4.78 is 10.6. The molecule has 1 unspecified atom stereocenters. The molecule has 1 aliphatic heterocycles. The largest absolute Gasteiger partial charge is 0.493 e. The standard InChI is InChI=1S/C17H29N5O2.HI/c1-18-17(19-11-14-12-21(2)8-9-22(14)3)20-13-6-7-15(23-4)16(10-13)24-5;/h6-7,10,14H,8-9,11-12H2,1-5H3,(H2,18,19,20);1H. The molecule has 1 aliphatic rings. The molecule has 0 aromatic heterocycles. The number of aliphatic imine (C=N–C) groups is 1. The van der Waals surface area contributed by atoms with Crippen molar-refractivity contribution in [1.82, 2.24) is 15.1 Å². The summed E-state index contributed by atoms with van der Waals surface area (Å²) in [6.07, 6.45) is 0. The van der Waals surface area contributed by atoms with Crippen LogP contribution in [-0.4, -0.2) is 83.3 Å². The van der Waals surface area contributed by atoms with Gasteiger partial charge in [-0.05, 0) is 26.2 Å². The molecule has 1 saturated heterocycles. The zero-order valence-corrected chi connectivity index (χ0v) is 18.0. The molecule has 0 saturated carbocycles. The number of methoxy groups -OCH3 is 2. The van der Waals surface area contributed by atoms with Gasteiger partial charge in [-0.2, -0.15) is 0 Å². The number of piperazine rings is 1. The van der Waals surface area contributed by atoms with Gasteiger partial charge >= 0.3 is 0 Å². The smallest absolute Gasteiger partial charge is 0.195 e. The van der Waals surface area contributed by atoms with Crippen LogP contribution in [-0.2, 0) is 0 Å². The lowest BCUT2D eigenvalue weighted by atomic mass is 10.2. The molecule has 0 amide bonds. The first-order valence-corrected chi connectivity index (χ1v) is 8.15. The van der Waals surface area contributed by atoms with E-state index in [9.17, 15) is 0 Å². The minimum absolute atomic E-state index is 0. The fraction of sp³-hybridized carbons (Fsp3) is 0.588. The van der Waals surface area contributed by atoms with Gasteiger partial charge in [-0.25, -0.2) is 0 Å². The van der Waals surface area contributed by atoms with E-state index in [0.717, 1.165) is 37.8 Å². The summed E-state index contributed by atoms with van der Waals surface area (Å²) in [5.41, 5.74) is 0.898. The lowest BCUT2D eigenvalue weighted by Crippen LogP contribution is -2.54. The van der Waals surface area contributed by atoms with Crippen molar-refractivity contribution >= 4 is 35.6 Å². The van der Waals surface area contributed by atoms with Crippen LogP contribution >= 0.6 is 24.0 Å². The Kier molecular flexibility index (Phi) is 9.30. The molecule has 1 fully saturated rings. The molecule has 0 radical (unpaired) electrons. The van der Waals surface area contributed by atoms with E-state index in [0.29, 0.717) is 17.5 Å². The number of hydrogen-bond donors (Lipinski definition) is 2. The van der Waals surface area contributed by atoms with E-state index in [2.05, 4.69) is 39.5 Å². The molecule has 7 nitrogen and oxygen atoms in total. The molecule has 0 aliphatic carbocycles. The summed E-state index contributed by atoms with van der Waals surface area (Å²) in [4.78, 5) is 9.04. The number of ether oxygens (including phenoxy) is 2. The van der Waals surface area contributed by atoms with Gasteiger partial charge in [0.1, 0.15) is 0 Å². The van der Waals surface area contributed by atoms with Crippen LogP contribution in [0.3, 0.4) is 0 Å². The van der Waals surface area contributed by atoms with Crippen molar-refractivity contribution in [2.45, 2.75) is 6.04 Å². The predicted molar refractivity (Wildman–Crippen MR) is 114 cm³/mol. The number of anilines is 1. The zero-order valence-electron chi connectivity index (χ0n) is 15.7. The molecule has 2 rings (SSSR count). The molecular weight excluding hydrogens is 433 g/mol. The summed E-state index contributed by atoms with van der Waals surface area (Å²) in [6, 6.07) is 6.17. The fourth-order valence-electron chi connectivity index (χ4n) is 2.77. The number of benzene rings is 1. The van der Waals surface area contributed by atoms with Gasteiger partial charge in [0.05, 0.1) is 14.2 Å². The van der Waals surface area contributed by atoms with E-state index in [-0.39, 0.29) is 24.0 Å². The Hall–Kier alpha value is -1.26. The van der Waals surface area contributed by atoms with Crippen molar-refractivity contribution in [3.05, 3.63) is 18.2 Å². The summed E-state index contributed by atoms with van der Waals surface area (Å²) in [5.74, 6) is 2.13. The van der Waals surface area contributed by atoms with Crippen molar-refractivity contribution in [3.8, 4) is 11.5 Å². The molecule has 2 N–H and O–H groups in total. The third-order valence-corrected chi connectivity index (χ3v) is 4.36. The fourth-order valence-corrected chi connectivity index (χ4v) is 2.77. The van der Waals surface area contributed by atoms with E-state index in [4.69, 9.17) is 9.47 Å². The highest BCUT2D eigenvalue weighted by molar-refractivity contribution is 14.0. The highest BCUT2D eigenvalue weighted by Crippen LogP contribution is 2.29. The van der Waals surface area contributed by atoms with Gasteiger partial charge in [0.2, 0.25) is 0 Å². The third-order valence-electron chi connectivity index (χ3n) is 4.36. The lowest BCUT2D eigenvalue weighted by molar-refractivity contribution is 0.116. The van der Waals surface area contributed by atoms with Gasteiger partial charge in [0.15, 0.2) is 17.5 Å². The van der Waals surface area contributed by atoms with Crippen LogP contribution in [0, 0.1) is 0 Å². The molecule has 1 aromatic rings.